The van der Waals surface area contributed by atoms with Gasteiger partial charge < -0.3 is 10.5 Å². The van der Waals surface area contributed by atoms with Crippen LogP contribution in [0.25, 0.3) is 0 Å². The van der Waals surface area contributed by atoms with E-state index in [-0.39, 0.29) is 5.56 Å². The van der Waals surface area contributed by atoms with Crippen LogP contribution in [-0.2, 0) is 26.0 Å². The van der Waals surface area contributed by atoms with E-state index in [2.05, 4.69) is 0 Å². The molecule has 1 aromatic rings. The van der Waals surface area contributed by atoms with Crippen LogP contribution in [0.3, 0.4) is 0 Å². The van der Waals surface area contributed by atoms with Crippen molar-refractivity contribution in [2.24, 2.45) is 5.73 Å². The zero-order chi connectivity index (χ0) is 14.9. The molecule has 0 fully saturated rings. The van der Waals surface area contributed by atoms with Gasteiger partial charge in [-0.3, -0.25) is 9.10 Å². The molecule has 20 heavy (non-hydrogen) atoms. The van der Waals surface area contributed by atoms with Crippen molar-refractivity contribution < 1.29 is 22.7 Å². The minimum Gasteiger partial charge on any atom is -0.452 e. The maximum absolute atomic E-state index is 11.7. The smallest absolute Gasteiger partial charge is 0.338 e. The number of rotatable bonds is 4. The summed E-state index contributed by atoms with van der Waals surface area (Å²) in [6.07, 6.45) is 1.66. The Labute approximate surface area is 116 Å². The molecule has 0 atom stereocenters. The van der Waals surface area contributed by atoms with E-state index in [1.54, 1.807) is 12.1 Å². The number of esters is 1. The number of fused-ring (bicyclic) bond motifs is 1. The van der Waals surface area contributed by atoms with Crippen LogP contribution < -0.4 is 10.0 Å². The second-order valence-electron chi connectivity index (χ2n) is 4.47. The maximum atomic E-state index is 11.7. The van der Waals surface area contributed by atoms with Gasteiger partial charge in [0.2, 0.25) is 10.0 Å². The largest absolute Gasteiger partial charge is 0.452 e. The number of carbonyl (C=O) groups excluding carboxylic acids is 2. The first-order chi connectivity index (χ1) is 9.29. The zero-order valence-corrected chi connectivity index (χ0v) is 11.6. The van der Waals surface area contributed by atoms with E-state index in [0.717, 1.165) is 11.8 Å². The van der Waals surface area contributed by atoms with Gasteiger partial charge in [-0.05, 0) is 30.2 Å². The number of anilines is 1. The summed E-state index contributed by atoms with van der Waals surface area (Å²) < 4.78 is 29.1. The van der Waals surface area contributed by atoms with Crippen LogP contribution in [0, 0.1) is 0 Å². The van der Waals surface area contributed by atoms with E-state index in [0.29, 0.717) is 18.7 Å². The van der Waals surface area contributed by atoms with Gasteiger partial charge >= 0.3 is 5.97 Å². The molecular weight excluding hydrogens is 284 g/mol. The van der Waals surface area contributed by atoms with E-state index in [4.69, 9.17) is 10.5 Å². The number of benzene rings is 1. The topological polar surface area (TPSA) is 107 Å². The normalized spacial score (nSPS) is 13.9. The lowest BCUT2D eigenvalue weighted by Crippen LogP contribution is -2.27. The molecule has 0 bridgehead atoms. The fraction of sp³-hybridized carbons (Fsp3) is 0.333. The van der Waals surface area contributed by atoms with E-state index < -0.39 is 28.5 Å². The third-order valence-electron chi connectivity index (χ3n) is 2.91. The molecule has 1 amide bonds. The summed E-state index contributed by atoms with van der Waals surface area (Å²) in [4.78, 5) is 22.2. The lowest BCUT2D eigenvalue weighted by atomic mass is 10.1. The summed E-state index contributed by atoms with van der Waals surface area (Å²) in [6.45, 7) is -0.126. The Bertz CT molecular complexity index is 668. The van der Waals surface area contributed by atoms with Crippen LogP contribution in [0.4, 0.5) is 5.69 Å². The van der Waals surface area contributed by atoms with Crippen molar-refractivity contribution in [1.29, 1.82) is 0 Å². The summed E-state index contributed by atoms with van der Waals surface area (Å²) >= 11 is 0. The molecule has 2 N–H and O–H groups in total. The van der Waals surface area contributed by atoms with Crippen LogP contribution in [0.5, 0.6) is 0 Å². The fourth-order valence-electron chi connectivity index (χ4n) is 2.06. The van der Waals surface area contributed by atoms with Crippen LogP contribution in [0.15, 0.2) is 18.2 Å². The second-order valence-corrected chi connectivity index (χ2v) is 6.38. The molecule has 7 nitrogen and oxygen atoms in total. The van der Waals surface area contributed by atoms with Crippen LogP contribution in [0.2, 0.25) is 0 Å². The molecule has 0 unspecified atom stereocenters. The van der Waals surface area contributed by atoms with Gasteiger partial charge in [0, 0.05) is 6.54 Å². The number of sulfonamides is 1. The Kier molecular flexibility index (Phi) is 3.67. The molecule has 0 aliphatic carbocycles. The van der Waals surface area contributed by atoms with Crippen molar-refractivity contribution >= 4 is 27.6 Å². The van der Waals surface area contributed by atoms with E-state index in [9.17, 15) is 18.0 Å². The average Bonchev–Trinajstić information content (AvgIpc) is 2.78. The predicted octanol–water partition coefficient (Wildman–Crippen LogP) is -0.349. The number of hydrogen-bond donors (Lipinski definition) is 1. The molecule has 1 aliphatic heterocycles. The number of ether oxygens (including phenoxy) is 1. The first-order valence-electron chi connectivity index (χ1n) is 5.85. The van der Waals surface area contributed by atoms with Crippen LogP contribution >= 0.6 is 0 Å². The molecule has 0 saturated carbocycles. The van der Waals surface area contributed by atoms with Crippen molar-refractivity contribution in [3.63, 3.8) is 0 Å². The quantitative estimate of drug-likeness (QED) is 0.765. The van der Waals surface area contributed by atoms with Crippen LogP contribution in [0.1, 0.15) is 15.9 Å². The van der Waals surface area contributed by atoms with Gasteiger partial charge in [-0.15, -0.1) is 0 Å². The van der Waals surface area contributed by atoms with Crippen LogP contribution in [-0.4, -0.2) is 39.7 Å². The Balaban J connectivity index is 2.22. The molecule has 1 aromatic carbocycles. The summed E-state index contributed by atoms with van der Waals surface area (Å²) in [5.74, 6) is -1.40. The van der Waals surface area contributed by atoms with E-state index in [1.807, 2.05) is 0 Å². The van der Waals surface area contributed by atoms with Gasteiger partial charge in [-0.25, -0.2) is 13.2 Å². The van der Waals surface area contributed by atoms with Gasteiger partial charge in [-0.1, -0.05) is 0 Å². The Morgan fingerprint density at radius 3 is 2.70 bits per heavy atom. The molecule has 0 radical (unpaired) electrons. The summed E-state index contributed by atoms with van der Waals surface area (Å²) in [5.41, 5.74) is 6.47. The molecular formula is C12H14N2O5S. The highest BCUT2D eigenvalue weighted by molar-refractivity contribution is 7.92. The zero-order valence-electron chi connectivity index (χ0n) is 10.8. The lowest BCUT2D eigenvalue weighted by molar-refractivity contribution is -0.121. The summed E-state index contributed by atoms with van der Waals surface area (Å²) in [5, 5.41) is 0. The number of nitrogens with zero attached hydrogens (tertiary/aromatic N) is 1. The molecule has 8 heteroatoms. The maximum Gasteiger partial charge on any atom is 0.338 e. The molecule has 1 heterocycles. The minimum atomic E-state index is -3.31. The van der Waals surface area contributed by atoms with Gasteiger partial charge in [0.15, 0.2) is 6.61 Å². The third kappa shape index (κ3) is 2.90. The van der Waals surface area contributed by atoms with Crippen molar-refractivity contribution in [3.8, 4) is 0 Å². The third-order valence-corrected chi connectivity index (χ3v) is 4.09. The number of amides is 1. The first kappa shape index (κ1) is 14.3. The van der Waals surface area contributed by atoms with Gasteiger partial charge in [0.1, 0.15) is 0 Å². The van der Waals surface area contributed by atoms with Crippen molar-refractivity contribution in [2.45, 2.75) is 6.42 Å². The molecule has 0 saturated heterocycles. The average molecular weight is 298 g/mol. The SMILES string of the molecule is CS(=O)(=O)N1CCc2cc(C(=O)OCC(N)=O)ccc21. The summed E-state index contributed by atoms with van der Waals surface area (Å²) in [7, 11) is -3.31. The Morgan fingerprint density at radius 2 is 2.10 bits per heavy atom. The first-order valence-corrected chi connectivity index (χ1v) is 7.70. The minimum absolute atomic E-state index is 0.264. The predicted molar refractivity (Wildman–Crippen MR) is 71.8 cm³/mol. The monoisotopic (exact) mass is 298 g/mol. The van der Waals surface area contributed by atoms with Crippen molar-refractivity contribution in [3.05, 3.63) is 29.3 Å². The fourth-order valence-corrected chi connectivity index (χ4v) is 3.02. The highest BCUT2D eigenvalue weighted by Crippen LogP contribution is 2.30. The number of hydrogen-bond acceptors (Lipinski definition) is 5. The Hall–Kier alpha value is -2.09. The van der Waals surface area contributed by atoms with Crippen molar-refractivity contribution in [1.82, 2.24) is 0 Å². The van der Waals surface area contributed by atoms with Gasteiger partial charge in [0.05, 0.1) is 17.5 Å². The van der Waals surface area contributed by atoms with Gasteiger partial charge in [-0.2, -0.15) is 0 Å². The number of nitrogens with two attached hydrogens (primary N) is 1. The number of carbonyl (C=O) groups is 2. The number of primary amides is 1. The summed E-state index contributed by atoms with van der Waals surface area (Å²) in [6, 6.07) is 4.60. The van der Waals surface area contributed by atoms with Gasteiger partial charge in [0.25, 0.3) is 5.91 Å². The van der Waals surface area contributed by atoms with Crippen molar-refractivity contribution in [2.75, 3.05) is 23.7 Å². The highest BCUT2D eigenvalue weighted by Gasteiger charge is 2.26. The highest BCUT2D eigenvalue weighted by atomic mass is 32.2. The Morgan fingerprint density at radius 1 is 1.40 bits per heavy atom. The standard InChI is InChI=1S/C12H14N2O5S/c1-20(17,18)14-5-4-8-6-9(2-3-10(8)14)12(16)19-7-11(13)15/h2-3,6H,4-5,7H2,1H3,(H2,13,15). The molecule has 108 valence electrons. The van der Waals surface area contributed by atoms with E-state index in [1.165, 1.54) is 10.4 Å². The van der Waals surface area contributed by atoms with E-state index >= 15 is 0 Å². The lowest BCUT2D eigenvalue weighted by Gasteiger charge is -2.16. The molecule has 1 aliphatic rings. The molecule has 0 aromatic heterocycles. The second kappa shape index (κ2) is 5.12. The molecule has 0 spiro atoms. The molecule has 2 rings (SSSR count).